The summed E-state index contributed by atoms with van der Waals surface area (Å²) in [6.45, 7) is 46.1. The summed E-state index contributed by atoms with van der Waals surface area (Å²) in [6, 6.07) is 39.8. The van der Waals surface area contributed by atoms with Crippen molar-refractivity contribution in [2.45, 2.75) is 315 Å². The third-order valence-corrected chi connectivity index (χ3v) is 36.5. The first-order valence-electron chi connectivity index (χ1n) is 39.1. The van der Waals surface area contributed by atoms with Gasteiger partial charge in [0.05, 0.1) is 76.3 Å². The molecule has 0 unspecified atom stereocenters. The highest BCUT2D eigenvalue weighted by Crippen LogP contribution is 2.51. The van der Waals surface area contributed by atoms with Crippen LogP contribution in [0.5, 0.6) is 5.75 Å². The summed E-state index contributed by atoms with van der Waals surface area (Å²) in [5.74, 6) is -1.86. The molecule has 4 aromatic rings. The lowest BCUT2D eigenvalue weighted by atomic mass is 9.73. The fourth-order valence-electron chi connectivity index (χ4n) is 14.5. The van der Waals surface area contributed by atoms with Crippen molar-refractivity contribution < 1.29 is 70.2 Å². The van der Waals surface area contributed by atoms with E-state index in [2.05, 4.69) is 187 Å². The molecule has 3 aliphatic rings. The number of carbonyl (C=O) groups is 2. The average Bonchev–Trinajstić information content (AvgIpc) is 0.743. The van der Waals surface area contributed by atoms with Crippen LogP contribution in [-0.2, 0) is 78.7 Å². The molecule has 0 N–H and O–H groups in total. The fourth-order valence-corrected chi connectivity index (χ4v) is 21.9. The first-order chi connectivity index (χ1) is 49.6. The van der Waals surface area contributed by atoms with Crippen LogP contribution in [0.4, 0.5) is 0 Å². The minimum absolute atomic E-state index is 0.0110. The number of esters is 2. The lowest BCUT2D eigenvalue weighted by Gasteiger charge is -2.54. The van der Waals surface area contributed by atoms with E-state index < -0.39 is 78.6 Å². The molecule has 0 amide bonds. The number of unbranched alkanes of at least 4 members (excludes halogenated alkanes) is 4. The van der Waals surface area contributed by atoms with E-state index in [4.69, 9.17) is 60.6 Å². The van der Waals surface area contributed by atoms with Crippen molar-refractivity contribution in [2.24, 2.45) is 5.41 Å². The molecule has 3 fully saturated rings. The van der Waals surface area contributed by atoms with Crippen LogP contribution in [0.2, 0.25) is 41.3 Å². The van der Waals surface area contributed by atoms with Crippen LogP contribution in [0, 0.1) is 5.41 Å². The Hall–Kier alpha value is -4.91. The Labute approximate surface area is 636 Å². The highest BCUT2D eigenvalue weighted by molar-refractivity contribution is 6.99. The SMILES string of the molecule is C=C1C[C@@H](C[C@H]2C[C@@H](O[Si](C)(C)C(C)(C)C)C[C@@H](C[C@H](CCO[Si](c3ccccc3)(c3ccccc3)C(C)(C)C)OCc3ccc(OC)cc3)O2)O[C@@H](C=CC(C)(C)[C@]2(OCC)O[C@H](C[C@@H](O[Si](C)(C)C(C)(C)C)[C@@H](C)OCOCc3ccccc3)CC(=CC(=O)OC)[C@@H]2OC(=O)CCCCCCC)C1. The predicted octanol–water partition coefficient (Wildman–Crippen LogP) is 19.2. The van der Waals surface area contributed by atoms with Crippen molar-refractivity contribution in [3.05, 3.63) is 162 Å². The monoisotopic (exact) mass is 1500 g/mol. The second-order valence-electron chi connectivity index (χ2n) is 34.2. The molecule has 3 aliphatic heterocycles. The molecule has 0 aromatic heterocycles. The van der Waals surface area contributed by atoms with Gasteiger partial charge in [0, 0.05) is 50.1 Å². The first-order valence-corrected chi connectivity index (χ1v) is 46.9. The third-order valence-electron chi connectivity index (χ3n) is 22.5. The van der Waals surface area contributed by atoms with E-state index in [1.807, 2.05) is 70.2 Å². The van der Waals surface area contributed by atoms with Crippen molar-refractivity contribution in [3.8, 4) is 5.75 Å². The van der Waals surface area contributed by atoms with Crippen molar-refractivity contribution in [2.75, 3.05) is 34.2 Å². The van der Waals surface area contributed by atoms with E-state index in [-0.39, 0.29) is 71.9 Å². The van der Waals surface area contributed by atoms with Gasteiger partial charge in [-0.05, 0) is 146 Å². The van der Waals surface area contributed by atoms with Crippen molar-refractivity contribution in [1.82, 2.24) is 0 Å². The summed E-state index contributed by atoms with van der Waals surface area (Å²) in [6.07, 6.45) is 11.9. The molecular formula is C87H134O15Si3. The number of benzene rings is 4. The van der Waals surface area contributed by atoms with E-state index in [0.29, 0.717) is 70.3 Å². The molecule has 7 rings (SSSR count). The molecule has 3 heterocycles. The summed E-state index contributed by atoms with van der Waals surface area (Å²) in [5.41, 5.74) is 2.64. The molecule has 105 heavy (non-hydrogen) atoms. The normalized spacial score (nSPS) is 23.1. The average molecular weight is 1500 g/mol. The van der Waals surface area contributed by atoms with Gasteiger partial charge in [0.25, 0.3) is 8.32 Å². The predicted molar refractivity (Wildman–Crippen MR) is 429 cm³/mol. The molecule has 0 radical (unpaired) electrons. The zero-order valence-electron chi connectivity index (χ0n) is 67.9. The second kappa shape index (κ2) is 39.6. The minimum atomic E-state index is -2.86. The molecule has 584 valence electrons. The number of methoxy groups -OCH3 is 2. The maximum atomic E-state index is 14.4. The Bertz CT molecular complexity index is 3280. The Kier molecular flexibility index (Phi) is 33.0. The number of hydrogen-bond donors (Lipinski definition) is 0. The van der Waals surface area contributed by atoms with Gasteiger partial charge < -0.3 is 60.6 Å². The standard InChI is InChI=1S/C87H134O15Si3/c1-22-24-25-26-36-43-80(88)99-82-68(55-81(89)91-17)54-75(60-79(102-104(20,21)84(8,9)10)65(4)94-63-92-61-66-37-30-27-31-38-66)100-87(82,95-23-2)86(14,15)50-48-71-52-64(3)53-72(97-71)57-74-59-76(101-103(18,19)83(5,6)7)58-73(98-74)56-70(93-62-67-44-46-69(90-16)47-45-67)49-51-96-105(85(11,12)13,77-39-32-28-33-40-77)78-41-34-29-35-42-78/h27-35,37-42,44-48,50,55,65,70-76,79,82H,3,22-26,36,43,49,51-54,56-63H2,1-2,4-21H3/t65-,70+,71+,72+,73-,74+,75+,76+,79-,82+,87-/m1/s1. The maximum Gasteiger partial charge on any atom is 0.330 e. The summed E-state index contributed by atoms with van der Waals surface area (Å²) < 4.78 is 88.9. The highest BCUT2D eigenvalue weighted by Gasteiger charge is 2.60. The van der Waals surface area contributed by atoms with Gasteiger partial charge in [0.2, 0.25) is 5.79 Å². The van der Waals surface area contributed by atoms with E-state index >= 15 is 0 Å². The summed E-state index contributed by atoms with van der Waals surface area (Å²) in [4.78, 5) is 28.2. The molecular weight excluding hydrogens is 1370 g/mol. The molecule has 0 bridgehead atoms. The molecule has 0 aliphatic carbocycles. The summed E-state index contributed by atoms with van der Waals surface area (Å²) in [5, 5.41) is 2.13. The van der Waals surface area contributed by atoms with Gasteiger partial charge in [-0.3, -0.25) is 4.79 Å². The van der Waals surface area contributed by atoms with E-state index in [9.17, 15) is 9.59 Å². The van der Waals surface area contributed by atoms with Gasteiger partial charge in [-0.1, -0.05) is 236 Å². The van der Waals surface area contributed by atoms with Crippen LogP contribution in [0.25, 0.3) is 0 Å². The van der Waals surface area contributed by atoms with Crippen molar-refractivity contribution in [3.63, 3.8) is 0 Å². The van der Waals surface area contributed by atoms with E-state index in [0.717, 1.165) is 61.0 Å². The Morgan fingerprint density at radius 1 is 0.667 bits per heavy atom. The van der Waals surface area contributed by atoms with Crippen LogP contribution in [0.3, 0.4) is 0 Å². The van der Waals surface area contributed by atoms with E-state index in [1.54, 1.807) is 7.11 Å². The number of carbonyl (C=O) groups excluding carboxylic acids is 2. The third kappa shape index (κ3) is 24.8. The Morgan fingerprint density at radius 3 is 1.87 bits per heavy atom. The molecule has 0 spiro atoms. The Balaban J connectivity index is 1.20. The molecule has 3 saturated heterocycles. The number of hydrogen-bond acceptors (Lipinski definition) is 15. The van der Waals surface area contributed by atoms with Gasteiger partial charge in [-0.15, -0.1) is 0 Å². The van der Waals surface area contributed by atoms with Gasteiger partial charge >= 0.3 is 11.9 Å². The topological polar surface area (TPSA) is 154 Å². The molecule has 15 nitrogen and oxygen atoms in total. The van der Waals surface area contributed by atoms with Crippen LogP contribution in [0.1, 0.15) is 204 Å². The summed E-state index contributed by atoms with van der Waals surface area (Å²) >= 11 is 0. The molecule has 0 saturated carbocycles. The highest BCUT2D eigenvalue weighted by atomic mass is 28.4. The van der Waals surface area contributed by atoms with Gasteiger partial charge in [-0.2, -0.15) is 0 Å². The second-order valence-corrected chi connectivity index (χ2v) is 48.1. The van der Waals surface area contributed by atoms with Crippen LogP contribution >= 0.6 is 0 Å². The van der Waals surface area contributed by atoms with Crippen LogP contribution in [0.15, 0.2) is 151 Å². The van der Waals surface area contributed by atoms with Gasteiger partial charge in [-0.25, -0.2) is 4.79 Å². The first kappa shape index (κ1) is 87.3. The lowest BCUT2D eigenvalue weighted by molar-refractivity contribution is -0.346. The lowest BCUT2D eigenvalue weighted by Crippen LogP contribution is -2.66. The Morgan fingerprint density at radius 2 is 1.28 bits per heavy atom. The van der Waals surface area contributed by atoms with Crippen LogP contribution < -0.4 is 15.1 Å². The number of rotatable bonds is 39. The maximum absolute atomic E-state index is 14.4. The molecule has 4 aromatic carbocycles. The van der Waals surface area contributed by atoms with E-state index in [1.165, 1.54) is 23.6 Å². The van der Waals surface area contributed by atoms with Gasteiger partial charge in [0.1, 0.15) is 12.5 Å². The zero-order chi connectivity index (χ0) is 76.9. The molecule has 11 atom stereocenters. The summed E-state index contributed by atoms with van der Waals surface area (Å²) in [7, 11) is -4.55. The van der Waals surface area contributed by atoms with Crippen molar-refractivity contribution in [1.29, 1.82) is 0 Å². The zero-order valence-corrected chi connectivity index (χ0v) is 70.9. The quantitative estimate of drug-likeness (QED) is 0.0104. The van der Waals surface area contributed by atoms with Crippen molar-refractivity contribution >= 4 is 47.3 Å². The van der Waals surface area contributed by atoms with Crippen LogP contribution in [-0.4, -0.2) is 138 Å². The van der Waals surface area contributed by atoms with Gasteiger partial charge in [0.15, 0.2) is 22.7 Å². The largest absolute Gasteiger partial charge is 0.497 e. The smallest absolute Gasteiger partial charge is 0.330 e. The number of ether oxygens (including phenoxy) is 10. The minimum Gasteiger partial charge on any atom is -0.497 e. The fraction of sp³-hybridized carbons (Fsp3) is 0.632. The molecule has 18 heteroatoms.